The van der Waals surface area contributed by atoms with Crippen LogP contribution in [0.25, 0.3) is 0 Å². The second kappa shape index (κ2) is 7.10. The Kier molecular flexibility index (Phi) is 6.54. The Labute approximate surface area is 109 Å². The first-order valence-electron chi connectivity index (χ1n) is 5.05. The second-order valence-corrected chi connectivity index (χ2v) is 3.59. The number of aryl methyl sites for hydroxylation is 1. The molecule has 0 saturated heterocycles. The Hall–Kier alpha value is -1.43. The molecule has 7 heteroatoms. The normalized spacial score (nSPS) is 10.6. The maximum atomic E-state index is 11.8. The fourth-order valence-electron chi connectivity index (χ4n) is 1.30. The number of nitrogens with two attached hydrogens (primary N) is 1. The van der Waals surface area contributed by atoms with Crippen molar-refractivity contribution in [3.05, 3.63) is 29.8 Å². The molecule has 0 bridgehead atoms. The van der Waals surface area contributed by atoms with Crippen LogP contribution in [-0.2, 0) is 11.2 Å². The molecule has 1 aromatic rings. The zero-order valence-electron chi connectivity index (χ0n) is 9.46. The molecule has 0 heterocycles. The van der Waals surface area contributed by atoms with Gasteiger partial charge in [0, 0.05) is 12.1 Å². The van der Waals surface area contributed by atoms with E-state index >= 15 is 0 Å². The number of para-hydroxylation sites is 1. The molecule has 1 rings (SSSR count). The number of anilines is 1. The lowest BCUT2D eigenvalue weighted by molar-refractivity contribution is -0.138. The molecule has 3 N–H and O–H groups in total. The first-order chi connectivity index (χ1) is 7.88. The van der Waals surface area contributed by atoms with Gasteiger partial charge in [-0.1, -0.05) is 18.2 Å². The third-order valence-electron chi connectivity index (χ3n) is 2.16. The number of carbonyl (C=O) groups is 1. The average Bonchev–Trinajstić information content (AvgIpc) is 2.24. The fraction of sp³-hybridized carbons (Fsp3) is 0.364. The summed E-state index contributed by atoms with van der Waals surface area (Å²) in [5.74, 6) is -0.634. The summed E-state index contributed by atoms with van der Waals surface area (Å²) in [6.45, 7) is -1.30. The van der Waals surface area contributed by atoms with Gasteiger partial charge in [-0.2, -0.15) is 13.2 Å². The standard InChI is InChI=1S/C11H13F3N2O.ClH/c12-11(13,14)7-16-10(17)6-5-8-3-1-2-4-9(8)15;/h1-4H,5-7,15H2,(H,16,17);1H. The molecule has 0 unspecified atom stereocenters. The molecule has 0 saturated carbocycles. The summed E-state index contributed by atoms with van der Waals surface area (Å²) in [5.41, 5.74) is 6.94. The van der Waals surface area contributed by atoms with E-state index in [2.05, 4.69) is 0 Å². The number of benzene rings is 1. The molecule has 0 spiro atoms. The first kappa shape index (κ1) is 16.6. The summed E-state index contributed by atoms with van der Waals surface area (Å²) in [5, 5.41) is 1.81. The van der Waals surface area contributed by atoms with Gasteiger partial charge in [0.05, 0.1) is 0 Å². The van der Waals surface area contributed by atoms with Crippen molar-refractivity contribution >= 4 is 24.0 Å². The number of nitrogen functional groups attached to an aromatic ring is 1. The van der Waals surface area contributed by atoms with Gasteiger partial charge in [0.2, 0.25) is 5.91 Å². The molecule has 3 nitrogen and oxygen atoms in total. The first-order valence-corrected chi connectivity index (χ1v) is 5.05. The molecule has 0 atom stereocenters. The predicted molar refractivity (Wildman–Crippen MR) is 65.5 cm³/mol. The van der Waals surface area contributed by atoms with Gasteiger partial charge in [0.1, 0.15) is 6.54 Å². The van der Waals surface area contributed by atoms with Crippen LogP contribution in [0.5, 0.6) is 0 Å². The van der Waals surface area contributed by atoms with Crippen LogP contribution in [0.1, 0.15) is 12.0 Å². The van der Waals surface area contributed by atoms with Crippen molar-refractivity contribution in [2.45, 2.75) is 19.0 Å². The number of halogens is 4. The lowest BCUT2D eigenvalue weighted by atomic mass is 10.1. The third-order valence-corrected chi connectivity index (χ3v) is 2.16. The highest BCUT2D eigenvalue weighted by molar-refractivity contribution is 5.85. The number of rotatable bonds is 4. The van der Waals surface area contributed by atoms with Gasteiger partial charge in [0.15, 0.2) is 0 Å². The molecular formula is C11H14ClF3N2O. The molecule has 0 aromatic heterocycles. The van der Waals surface area contributed by atoms with Crippen LogP contribution >= 0.6 is 12.4 Å². The molecule has 0 aliphatic carbocycles. The van der Waals surface area contributed by atoms with Crippen molar-refractivity contribution in [2.75, 3.05) is 12.3 Å². The Bertz CT molecular complexity index is 396. The summed E-state index contributed by atoms with van der Waals surface area (Å²) in [6.07, 6.45) is -4.05. The average molecular weight is 283 g/mol. The maximum absolute atomic E-state index is 11.8. The van der Waals surface area contributed by atoms with Crippen LogP contribution in [0.3, 0.4) is 0 Å². The summed E-state index contributed by atoms with van der Waals surface area (Å²) in [6, 6.07) is 6.94. The van der Waals surface area contributed by atoms with E-state index in [1.54, 1.807) is 24.3 Å². The molecule has 18 heavy (non-hydrogen) atoms. The van der Waals surface area contributed by atoms with Gasteiger partial charge in [-0.15, -0.1) is 12.4 Å². The van der Waals surface area contributed by atoms with Crippen molar-refractivity contribution in [3.8, 4) is 0 Å². The van der Waals surface area contributed by atoms with Gasteiger partial charge >= 0.3 is 6.18 Å². The highest BCUT2D eigenvalue weighted by Crippen LogP contribution is 2.14. The van der Waals surface area contributed by atoms with Crippen molar-refractivity contribution in [3.63, 3.8) is 0 Å². The molecule has 0 radical (unpaired) electrons. The minimum atomic E-state index is -4.37. The highest BCUT2D eigenvalue weighted by atomic mass is 35.5. The number of carbonyl (C=O) groups excluding carboxylic acids is 1. The Morgan fingerprint density at radius 2 is 1.89 bits per heavy atom. The Morgan fingerprint density at radius 3 is 2.44 bits per heavy atom. The number of amides is 1. The van der Waals surface area contributed by atoms with Crippen LogP contribution < -0.4 is 11.1 Å². The van der Waals surface area contributed by atoms with Crippen LogP contribution in [-0.4, -0.2) is 18.6 Å². The maximum Gasteiger partial charge on any atom is 0.405 e. The fourth-order valence-corrected chi connectivity index (χ4v) is 1.30. The van der Waals surface area contributed by atoms with E-state index < -0.39 is 18.6 Å². The van der Waals surface area contributed by atoms with E-state index in [4.69, 9.17) is 5.73 Å². The molecule has 0 aliphatic heterocycles. The van der Waals surface area contributed by atoms with Crippen molar-refractivity contribution in [1.29, 1.82) is 0 Å². The summed E-state index contributed by atoms with van der Waals surface area (Å²) < 4.78 is 35.4. The zero-order valence-corrected chi connectivity index (χ0v) is 10.3. The number of nitrogens with one attached hydrogen (secondary N) is 1. The molecule has 1 amide bonds. The van der Waals surface area contributed by atoms with Crippen LogP contribution in [0, 0.1) is 0 Å². The zero-order chi connectivity index (χ0) is 12.9. The molecular weight excluding hydrogens is 269 g/mol. The van der Waals surface area contributed by atoms with Crippen LogP contribution in [0.4, 0.5) is 18.9 Å². The number of hydrogen-bond donors (Lipinski definition) is 2. The van der Waals surface area contributed by atoms with E-state index in [0.717, 1.165) is 5.56 Å². The van der Waals surface area contributed by atoms with E-state index in [1.807, 2.05) is 5.32 Å². The SMILES string of the molecule is Cl.Nc1ccccc1CCC(=O)NCC(F)(F)F. The quantitative estimate of drug-likeness (QED) is 0.833. The van der Waals surface area contributed by atoms with E-state index in [1.165, 1.54) is 0 Å². The summed E-state index contributed by atoms with van der Waals surface area (Å²) in [7, 11) is 0. The third kappa shape index (κ3) is 6.34. The van der Waals surface area contributed by atoms with Crippen LogP contribution in [0.2, 0.25) is 0 Å². The molecule has 1 aromatic carbocycles. The van der Waals surface area contributed by atoms with Gasteiger partial charge in [-0.05, 0) is 18.1 Å². The summed E-state index contributed by atoms with van der Waals surface area (Å²) in [4.78, 5) is 11.1. The van der Waals surface area contributed by atoms with Crippen molar-refractivity contribution in [2.24, 2.45) is 0 Å². The lowest BCUT2D eigenvalue weighted by Crippen LogP contribution is -2.33. The molecule has 0 aliphatic rings. The topological polar surface area (TPSA) is 55.1 Å². The minimum Gasteiger partial charge on any atom is -0.399 e. The Balaban J connectivity index is 0.00000289. The van der Waals surface area contributed by atoms with Gasteiger partial charge in [-0.3, -0.25) is 4.79 Å². The largest absolute Gasteiger partial charge is 0.405 e. The molecule has 0 fully saturated rings. The van der Waals surface area contributed by atoms with Gasteiger partial charge in [-0.25, -0.2) is 0 Å². The van der Waals surface area contributed by atoms with E-state index in [9.17, 15) is 18.0 Å². The summed E-state index contributed by atoms with van der Waals surface area (Å²) >= 11 is 0. The van der Waals surface area contributed by atoms with Crippen LogP contribution in [0.15, 0.2) is 24.3 Å². The Morgan fingerprint density at radius 1 is 1.28 bits per heavy atom. The smallest absolute Gasteiger partial charge is 0.399 e. The highest BCUT2D eigenvalue weighted by Gasteiger charge is 2.27. The second-order valence-electron chi connectivity index (χ2n) is 3.59. The lowest BCUT2D eigenvalue weighted by Gasteiger charge is -2.08. The molecule has 102 valence electrons. The minimum absolute atomic E-state index is 0. The van der Waals surface area contributed by atoms with Gasteiger partial charge < -0.3 is 11.1 Å². The predicted octanol–water partition coefficient (Wildman–Crippen LogP) is 2.30. The number of alkyl halides is 3. The van der Waals surface area contributed by atoms with E-state index in [-0.39, 0.29) is 18.8 Å². The van der Waals surface area contributed by atoms with Crippen molar-refractivity contribution in [1.82, 2.24) is 5.32 Å². The van der Waals surface area contributed by atoms with Gasteiger partial charge in [0.25, 0.3) is 0 Å². The number of hydrogen-bond acceptors (Lipinski definition) is 2. The monoisotopic (exact) mass is 282 g/mol. The van der Waals surface area contributed by atoms with E-state index in [0.29, 0.717) is 12.1 Å². The van der Waals surface area contributed by atoms with Crippen molar-refractivity contribution < 1.29 is 18.0 Å².